The molecule has 0 spiro atoms. The summed E-state index contributed by atoms with van der Waals surface area (Å²) in [4.78, 5) is 0. The van der Waals surface area contributed by atoms with E-state index in [0.29, 0.717) is 17.9 Å². The minimum absolute atomic E-state index is 0.154. The van der Waals surface area contributed by atoms with Crippen molar-refractivity contribution in [2.24, 2.45) is 11.8 Å². The largest absolute Gasteiger partial charge is 0.377 e. The Morgan fingerprint density at radius 3 is 2.38 bits per heavy atom. The highest BCUT2D eigenvalue weighted by Crippen LogP contribution is 2.40. The van der Waals surface area contributed by atoms with Gasteiger partial charge in [-0.1, -0.05) is 13.3 Å². The van der Waals surface area contributed by atoms with Gasteiger partial charge in [0.2, 0.25) is 0 Å². The van der Waals surface area contributed by atoms with E-state index in [9.17, 15) is 8.42 Å². The first-order valence-corrected chi connectivity index (χ1v) is 10.5. The molecule has 0 radical (unpaired) electrons. The van der Waals surface area contributed by atoms with Gasteiger partial charge in [-0.25, -0.2) is 8.42 Å². The molecule has 2 fully saturated rings. The third-order valence-corrected chi connectivity index (χ3v) is 6.66. The summed E-state index contributed by atoms with van der Waals surface area (Å²) in [7, 11) is -2.92. The fraction of sp³-hybridized carbons (Fsp3) is 1.00. The Morgan fingerprint density at radius 1 is 1.14 bits per heavy atom. The van der Waals surface area contributed by atoms with Gasteiger partial charge < -0.3 is 10.1 Å². The van der Waals surface area contributed by atoms with Crippen LogP contribution in [0.2, 0.25) is 0 Å². The van der Waals surface area contributed by atoms with Crippen LogP contribution in [0.15, 0.2) is 0 Å². The summed E-state index contributed by atoms with van der Waals surface area (Å²) in [6.07, 6.45) is 7.95. The molecule has 4 atom stereocenters. The van der Waals surface area contributed by atoms with Gasteiger partial charge in [-0.05, 0) is 57.4 Å². The maximum atomic E-state index is 11.9. The monoisotopic (exact) mass is 317 g/mol. The lowest BCUT2D eigenvalue weighted by Crippen LogP contribution is -2.50. The molecule has 0 heterocycles. The summed E-state index contributed by atoms with van der Waals surface area (Å²) in [5.41, 5.74) is 0. The van der Waals surface area contributed by atoms with Crippen LogP contribution < -0.4 is 5.32 Å². The molecule has 4 nitrogen and oxygen atoms in total. The van der Waals surface area contributed by atoms with Crippen molar-refractivity contribution in [3.8, 4) is 0 Å². The van der Waals surface area contributed by atoms with Crippen LogP contribution in [0, 0.1) is 11.8 Å². The molecule has 124 valence electrons. The number of hydrogen-bond acceptors (Lipinski definition) is 4. The van der Waals surface area contributed by atoms with Crippen molar-refractivity contribution in [1.82, 2.24) is 5.32 Å². The van der Waals surface area contributed by atoms with E-state index in [1.165, 1.54) is 19.1 Å². The van der Waals surface area contributed by atoms with Gasteiger partial charge in [0.1, 0.15) is 9.84 Å². The lowest BCUT2D eigenvalue weighted by Gasteiger charge is -2.38. The summed E-state index contributed by atoms with van der Waals surface area (Å²) in [6.45, 7) is 5.84. The fourth-order valence-corrected chi connectivity index (χ4v) is 5.02. The van der Waals surface area contributed by atoms with Gasteiger partial charge in [0.15, 0.2) is 0 Å². The Kier molecular flexibility index (Phi) is 6.09. The van der Waals surface area contributed by atoms with E-state index < -0.39 is 9.84 Å². The van der Waals surface area contributed by atoms with E-state index >= 15 is 0 Å². The third kappa shape index (κ3) is 4.67. The smallest absolute Gasteiger partial charge is 0.150 e. The summed E-state index contributed by atoms with van der Waals surface area (Å²) >= 11 is 0. The molecule has 0 aromatic carbocycles. The van der Waals surface area contributed by atoms with Gasteiger partial charge in [0, 0.05) is 18.9 Å². The zero-order valence-corrected chi connectivity index (χ0v) is 14.5. The normalized spacial score (nSPS) is 30.0. The van der Waals surface area contributed by atoms with Crippen molar-refractivity contribution in [3.63, 3.8) is 0 Å². The molecule has 4 unspecified atom stereocenters. The lowest BCUT2D eigenvalue weighted by atomic mass is 9.80. The van der Waals surface area contributed by atoms with Crippen LogP contribution in [-0.4, -0.2) is 45.2 Å². The SMILES string of the molecule is CCNC(C1CCCC(S(C)(=O)=O)C1)C(OCC)C1CC1. The number of hydrogen-bond donors (Lipinski definition) is 1. The van der Waals surface area contributed by atoms with Crippen molar-refractivity contribution < 1.29 is 13.2 Å². The van der Waals surface area contributed by atoms with Crippen LogP contribution in [0.4, 0.5) is 0 Å². The quantitative estimate of drug-likeness (QED) is 0.747. The highest BCUT2D eigenvalue weighted by atomic mass is 32.2. The third-order valence-electron chi connectivity index (χ3n) is 5.02. The first kappa shape index (κ1) is 17.2. The van der Waals surface area contributed by atoms with Crippen LogP contribution in [-0.2, 0) is 14.6 Å². The van der Waals surface area contributed by atoms with E-state index in [2.05, 4.69) is 19.2 Å². The minimum atomic E-state index is -2.92. The number of sulfone groups is 1. The molecule has 0 aromatic heterocycles. The molecule has 0 aliphatic heterocycles. The second-order valence-corrected chi connectivity index (χ2v) is 9.04. The number of rotatable bonds is 8. The highest BCUT2D eigenvalue weighted by Gasteiger charge is 2.42. The van der Waals surface area contributed by atoms with Gasteiger partial charge in [-0.3, -0.25) is 0 Å². The van der Waals surface area contributed by atoms with E-state index in [1.54, 1.807) is 0 Å². The van der Waals surface area contributed by atoms with E-state index in [0.717, 1.165) is 38.8 Å². The van der Waals surface area contributed by atoms with Crippen LogP contribution >= 0.6 is 0 Å². The second-order valence-electron chi connectivity index (χ2n) is 6.72. The minimum Gasteiger partial charge on any atom is -0.377 e. The number of ether oxygens (including phenoxy) is 1. The van der Waals surface area contributed by atoms with Crippen LogP contribution in [0.3, 0.4) is 0 Å². The topological polar surface area (TPSA) is 55.4 Å². The maximum Gasteiger partial charge on any atom is 0.150 e. The molecule has 0 bridgehead atoms. The summed E-state index contributed by atoms with van der Waals surface area (Å²) in [5, 5.41) is 3.46. The van der Waals surface area contributed by atoms with E-state index in [-0.39, 0.29) is 11.4 Å². The Balaban J connectivity index is 2.08. The lowest BCUT2D eigenvalue weighted by molar-refractivity contribution is -0.00180. The summed E-state index contributed by atoms with van der Waals surface area (Å²) < 4.78 is 29.8. The van der Waals surface area contributed by atoms with Crippen LogP contribution in [0.5, 0.6) is 0 Å². The molecule has 1 N–H and O–H groups in total. The highest BCUT2D eigenvalue weighted by molar-refractivity contribution is 7.91. The predicted octanol–water partition coefficient (Wildman–Crippen LogP) is 2.38. The van der Waals surface area contributed by atoms with Gasteiger partial charge in [-0.2, -0.15) is 0 Å². The number of nitrogens with one attached hydrogen (secondary N) is 1. The Morgan fingerprint density at radius 2 is 1.86 bits per heavy atom. The van der Waals surface area contributed by atoms with E-state index in [1.807, 2.05) is 0 Å². The van der Waals surface area contributed by atoms with Crippen molar-refractivity contribution >= 4 is 9.84 Å². The van der Waals surface area contributed by atoms with Crippen molar-refractivity contribution in [2.45, 2.75) is 69.8 Å². The summed E-state index contributed by atoms with van der Waals surface area (Å²) in [5.74, 6) is 1.10. The van der Waals surface area contributed by atoms with Crippen molar-refractivity contribution in [3.05, 3.63) is 0 Å². The fourth-order valence-electron chi connectivity index (χ4n) is 3.83. The van der Waals surface area contributed by atoms with Gasteiger partial charge >= 0.3 is 0 Å². The zero-order chi connectivity index (χ0) is 15.5. The molecule has 2 rings (SSSR count). The molecular weight excluding hydrogens is 286 g/mol. The van der Waals surface area contributed by atoms with E-state index in [4.69, 9.17) is 4.74 Å². The van der Waals surface area contributed by atoms with Crippen molar-refractivity contribution in [2.75, 3.05) is 19.4 Å². The first-order chi connectivity index (χ1) is 9.97. The molecule has 2 saturated carbocycles. The molecule has 0 amide bonds. The average Bonchev–Trinajstić information content (AvgIpc) is 3.26. The Labute approximate surface area is 129 Å². The molecule has 0 aromatic rings. The first-order valence-electron chi connectivity index (χ1n) is 8.51. The predicted molar refractivity (Wildman–Crippen MR) is 86.2 cm³/mol. The average molecular weight is 317 g/mol. The molecule has 5 heteroatoms. The van der Waals surface area contributed by atoms with Gasteiger partial charge in [0.05, 0.1) is 11.4 Å². The zero-order valence-electron chi connectivity index (χ0n) is 13.7. The van der Waals surface area contributed by atoms with Gasteiger partial charge in [-0.15, -0.1) is 0 Å². The Hall–Kier alpha value is -0.130. The van der Waals surface area contributed by atoms with Crippen LogP contribution in [0.1, 0.15) is 52.4 Å². The molecule has 21 heavy (non-hydrogen) atoms. The standard InChI is InChI=1S/C16H31NO3S/c1-4-17-15(16(20-5-2)12-9-10-12)13-7-6-8-14(11-13)21(3,18)19/h12-17H,4-11H2,1-3H3. The molecule has 0 saturated heterocycles. The molecule has 2 aliphatic carbocycles. The van der Waals surface area contributed by atoms with Crippen molar-refractivity contribution in [1.29, 1.82) is 0 Å². The Bertz CT molecular complexity index is 419. The number of likely N-dealkylation sites (N-methyl/N-ethyl adjacent to an activating group) is 1. The van der Waals surface area contributed by atoms with Gasteiger partial charge in [0.25, 0.3) is 0 Å². The summed E-state index contributed by atoms with van der Waals surface area (Å²) in [6, 6.07) is 0.312. The second kappa shape index (κ2) is 7.42. The molecule has 2 aliphatic rings. The molecular formula is C16H31NO3S. The maximum absolute atomic E-state index is 11.9. The van der Waals surface area contributed by atoms with Crippen LogP contribution in [0.25, 0.3) is 0 Å².